The van der Waals surface area contributed by atoms with Crippen molar-refractivity contribution in [2.75, 3.05) is 0 Å². The molecule has 0 saturated carbocycles. The molecule has 0 aromatic heterocycles. The van der Waals surface area contributed by atoms with Gasteiger partial charge in [0.1, 0.15) is 11.5 Å². The van der Waals surface area contributed by atoms with Crippen LogP contribution in [0.25, 0.3) is 0 Å². The van der Waals surface area contributed by atoms with E-state index >= 15 is 0 Å². The fraction of sp³-hybridized carbons (Fsp3) is 0.278. The van der Waals surface area contributed by atoms with E-state index in [4.69, 9.17) is 4.74 Å². The molecule has 0 aliphatic carbocycles. The number of halogens is 1. The molecule has 0 radical (unpaired) electrons. The lowest BCUT2D eigenvalue weighted by Crippen LogP contribution is -1.95. The summed E-state index contributed by atoms with van der Waals surface area (Å²) >= 11 is 3.45. The van der Waals surface area contributed by atoms with Crippen LogP contribution in [0.15, 0.2) is 40.9 Å². The van der Waals surface area contributed by atoms with Crippen LogP contribution in [0.5, 0.6) is 11.5 Å². The molecule has 110 valence electrons. The van der Waals surface area contributed by atoms with Crippen LogP contribution in [0.4, 0.5) is 0 Å². The number of ether oxygens (including phenoxy) is 1. The highest BCUT2D eigenvalue weighted by Crippen LogP contribution is 2.32. The Labute approximate surface area is 134 Å². The Morgan fingerprint density at radius 1 is 1.14 bits per heavy atom. The number of benzene rings is 2. The predicted molar refractivity (Wildman–Crippen MR) is 89.5 cm³/mol. The number of carbonyl (C=O) groups is 1. The standard InChI is InChI=1S/C18H19BrO2/c1-11(2)16-7-6-15(9-12(16)3)21-18-8-5-14(13(4)20)10-17(18)19/h5-11H,1-4H3. The van der Waals surface area contributed by atoms with Crippen molar-refractivity contribution in [2.24, 2.45) is 0 Å². The van der Waals surface area contributed by atoms with E-state index in [-0.39, 0.29) is 5.78 Å². The Kier molecular flexibility index (Phi) is 4.84. The molecule has 0 aliphatic heterocycles. The summed E-state index contributed by atoms with van der Waals surface area (Å²) in [5.41, 5.74) is 3.22. The van der Waals surface area contributed by atoms with Gasteiger partial charge in [-0.3, -0.25) is 4.79 Å². The van der Waals surface area contributed by atoms with Crippen molar-refractivity contribution >= 4 is 21.7 Å². The zero-order chi connectivity index (χ0) is 15.6. The quantitative estimate of drug-likeness (QED) is 0.646. The second kappa shape index (κ2) is 6.44. The second-order valence-electron chi connectivity index (χ2n) is 5.48. The molecule has 2 nitrogen and oxygen atoms in total. The summed E-state index contributed by atoms with van der Waals surface area (Å²) in [6.45, 7) is 8.01. The lowest BCUT2D eigenvalue weighted by Gasteiger charge is -2.13. The third-order valence-corrected chi connectivity index (χ3v) is 4.05. The van der Waals surface area contributed by atoms with Crippen LogP contribution < -0.4 is 4.74 Å². The van der Waals surface area contributed by atoms with Crippen molar-refractivity contribution in [3.8, 4) is 11.5 Å². The van der Waals surface area contributed by atoms with Gasteiger partial charge in [0.15, 0.2) is 5.78 Å². The van der Waals surface area contributed by atoms with Crippen molar-refractivity contribution in [2.45, 2.75) is 33.6 Å². The molecule has 0 saturated heterocycles. The first-order valence-corrected chi connectivity index (χ1v) is 7.76. The average Bonchev–Trinajstić information content (AvgIpc) is 2.40. The van der Waals surface area contributed by atoms with Crippen LogP contribution in [0, 0.1) is 6.92 Å². The molecule has 0 aliphatic rings. The van der Waals surface area contributed by atoms with Gasteiger partial charge in [-0.1, -0.05) is 19.9 Å². The monoisotopic (exact) mass is 346 g/mol. The van der Waals surface area contributed by atoms with Gasteiger partial charge in [0, 0.05) is 5.56 Å². The first kappa shape index (κ1) is 15.8. The molecule has 21 heavy (non-hydrogen) atoms. The van der Waals surface area contributed by atoms with E-state index in [1.165, 1.54) is 11.1 Å². The summed E-state index contributed by atoms with van der Waals surface area (Å²) in [6.07, 6.45) is 0. The zero-order valence-electron chi connectivity index (χ0n) is 12.7. The Hall–Kier alpha value is -1.61. The molecule has 0 N–H and O–H groups in total. The van der Waals surface area contributed by atoms with E-state index in [1.807, 2.05) is 18.2 Å². The van der Waals surface area contributed by atoms with Crippen molar-refractivity contribution < 1.29 is 9.53 Å². The molecule has 0 spiro atoms. The summed E-state index contributed by atoms with van der Waals surface area (Å²) in [4.78, 5) is 11.4. The molecule has 0 atom stereocenters. The van der Waals surface area contributed by atoms with Gasteiger partial charge >= 0.3 is 0 Å². The van der Waals surface area contributed by atoms with Crippen molar-refractivity contribution in [3.63, 3.8) is 0 Å². The highest BCUT2D eigenvalue weighted by molar-refractivity contribution is 9.10. The number of aryl methyl sites for hydroxylation is 1. The van der Waals surface area contributed by atoms with Crippen LogP contribution in [0.3, 0.4) is 0 Å². The zero-order valence-corrected chi connectivity index (χ0v) is 14.3. The summed E-state index contributed by atoms with van der Waals surface area (Å²) in [6, 6.07) is 11.5. The van der Waals surface area contributed by atoms with Crippen molar-refractivity contribution in [3.05, 3.63) is 57.6 Å². The predicted octanol–water partition coefficient (Wildman–Crippen LogP) is 5.88. The summed E-state index contributed by atoms with van der Waals surface area (Å²) in [7, 11) is 0. The minimum Gasteiger partial charge on any atom is -0.456 e. The maximum absolute atomic E-state index is 11.4. The fourth-order valence-electron chi connectivity index (χ4n) is 2.29. The van der Waals surface area contributed by atoms with Crippen LogP contribution in [0.2, 0.25) is 0 Å². The maximum Gasteiger partial charge on any atom is 0.159 e. The Bertz CT molecular complexity index is 675. The molecule has 2 rings (SSSR count). The van der Waals surface area contributed by atoms with Gasteiger partial charge in [-0.2, -0.15) is 0 Å². The highest BCUT2D eigenvalue weighted by Gasteiger charge is 2.09. The Balaban J connectivity index is 2.26. The molecule has 0 fully saturated rings. The van der Waals surface area contributed by atoms with E-state index in [0.717, 1.165) is 10.2 Å². The molecule has 2 aromatic rings. The normalized spacial score (nSPS) is 10.8. The molecular weight excluding hydrogens is 328 g/mol. The molecule has 2 aromatic carbocycles. The summed E-state index contributed by atoms with van der Waals surface area (Å²) in [5, 5.41) is 0. The molecular formula is C18H19BrO2. The number of rotatable bonds is 4. The van der Waals surface area contributed by atoms with Crippen LogP contribution in [-0.2, 0) is 0 Å². The van der Waals surface area contributed by atoms with Gasteiger partial charge in [-0.05, 0) is 77.2 Å². The smallest absolute Gasteiger partial charge is 0.159 e. The lowest BCUT2D eigenvalue weighted by atomic mass is 9.98. The maximum atomic E-state index is 11.4. The topological polar surface area (TPSA) is 26.3 Å². The minimum atomic E-state index is 0.0411. The lowest BCUT2D eigenvalue weighted by molar-refractivity contribution is 0.101. The van der Waals surface area contributed by atoms with E-state index in [9.17, 15) is 4.79 Å². The molecule has 0 heterocycles. The van der Waals surface area contributed by atoms with E-state index in [2.05, 4.69) is 42.8 Å². The second-order valence-corrected chi connectivity index (χ2v) is 6.33. The Morgan fingerprint density at radius 2 is 1.86 bits per heavy atom. The molecule has 0 bridgehead atoms. The Morgan fingerprint density at radius 3 is 2.38 bits per heavy atom. The van der Waals surface area contributed by atoms with Crippen LogP contribution in [-0.4, -0.2) is 5.78 Å². The first-order valence-electron chi connectivity index (χ1n) is 6.97. The molecule has 0 amide bonds. The number of Topliss-reactive ketones (excluding diaryl/α,β-unsaturated/α-hetero) is 1. The van der Waals surface area contributed by atoms with E-state index < -0.39 is 0 Å². The van der Waals surface area contributed by atoms with Crippen LogP contribution in [0.1, 0.15) is 48.2 Å². The number of hydrogen-bond acceptors (Lipinski definition) is 2. The number of hydrogen-bond donors (Lipinski definition) is 0. The third kappa shape index (κ3) is 3.73. The third-order valence-electron chi connectivity index (χ3n) is 3.43. The van der Waals surface area contributed by atoms with Gasteiger partial charge < -0.3 is 4.74 Å². The summed E-state index contributed by atoms with van der Waals surface area (Å²) < 4.78 is 6.68. The van der Waals surface area contributed by atoms with Crippen LogP contribution >= 0.6 is 15.9 Å². The SMILES string of the molecule is CC(=O)c1ccc(Oc2ccc(C(C)C)c(C)c2)c(Br)c1. The average molecular weight is 347 g/mol. The largest absolute Gasteiger partial charge is 0.456 e. The van der Waals surface area contributed by atoms with Gasteiger partial charge in [-0.15, -0.1) is 0 Å². The van der Waals surface area contributed by atoms with Gasteiger partial charge in [0.05, 0.1) is 4.47 Å². The van der Waals surface area contributed by atoms with Gasteiger partial charge in [0.25, 0.3) is 0 Å². The van der Waals surface area contributed by atoms with E-state index in [0.29, 0.717) is 17.2 Å². The first-order chi connectivity index (χ1) is 9.88. The fourth-order valence-corrected chi connectivity index (χ4v) is 2.75. The van der Waals surface area contributed by atoms with Gasteiger partial charge in [0.2, 0.25) is 0 Å². The number of carbonyl (C=O) groups excluding carboxylic acids is 1. The van der Waals surface area contributed by atoms with Crippen molar-refractivity contribution in [1.29, 1.82) is 0 Å². The number of ketones is 1. The van der Waals surface area contributed by atoms with Gasteiger partial charge in [-0.25, -0.2) is 0 Å². The molecule has 0 unspecified atom stereocenters. The summed E-state index contributed by atoms with van der Waals surface area (Å²) in [5.74, 6) is 2.05. The van der Waals surface area contributed by atoms with E-state index in [1.54, 1.807) is 19.1 Å². The molecule has 3 heteroatoms. The van der Waals surface area contributed by atoms with Crippen molar-refractivity contribution in [1.82, 2.24) is 0 Å². The minimum absolute atomic E-state index is 0.0411. The highest BCUT2D eigenvalue weighted by atomic mass is 79.9.